The maximum absolute atomic E-state index is 12.1. The number of ether oxygens (including phenoxy) is 3. The van der Waals surface area contributed by atoms with Crippen LogP contribution >= 0.6 is 11.3 Å². The summed E-state index contributed by atoms with van der Waals surface area (Å²) in [6.07, 6.45) is -0.136. The van der Waals surface area contributed by atoms with Gasteiger partial charge in [-0.3, -0.25) is 0 Å². The van der Waals surface area contributed by atoms with Gasteiger partial charge in [0, 0.05) is 0 Å². The topological polar surface area (TPSA) is 60.9 Å². The Morgan fingerprint density at radius 1 is 1.21 bits per heavy atom. The summed E-state index contributed by atoms with van der Waals surface area (Å²) < 4.78 is 17.5. The van der Waals surface area contributed by atoms with E-state index in [1.807, 2.05) is 42.5 Å². The van der Waals surface area contributed by atoms with Crippen molar-refractivity contribution in [3.63, 3.8) is 0 Å². The molecule has 29 heavy (non-hydrogen) atoms. The van der Waals surface area contributed by atoms with Crippen LogP contribution in [0.15, 0.2) is 42.5 Å². The number of hydrogen-bond donors (Lipinski definition) is 0. The summed E-state index contributed by atoms with van der Waals surface area (Å²) in [4.78, 5) is 18.8. The van der Waals surface area contributed by atoms with Crippen molar-refractivity contribution in [2.75, 3.05) is 31.7 Å². The van der Waals surface area contributed by atoms with Crippen molar-refractivity contribution in [3.8, 4) is 11.5 Å². The second-order valence-corrected chi connectivity index (χ2v) is 8.34. The average molecular weight is 413 g/mol. The van der Waals surface area contributed by atoms with E-state index < -0.39 is 0 Å². The van der Waals surface area contributed by atoms with Crippen LogP contribution in [0.1, 0.15) is 25.3 Å². The molecule has 152 valence electrons. The molecule has 2 heterocycles. The van der Waals surface area contributed by atoms with Gasteiger partial charge in [-0.1, -0.05) is 43.4 Å². The van der Waals surface area contributed by atoms with E-state index in [1.54, 1.807) is 18.4 Å². The zero-order valence-electron chi connectivity index (χ0n) is 16.8. The summed E-state index contributed by atoms with van der Waals surface area (Å²) in [5.74, 6) is 1.55. The van der Waals surface area contributed by atoms with Gasteiger partial charge in [0.05, 0.1) is 24.9 Å². The summed E-state index contributed by atoms with van der Waals surface area (Å²) in [7, 11) is 1.65. The minimum atomic E-state index is -0.353. The fourth-order valence-corrected chi connectivity index (χ4v) is 4.19. The van der Waals surface area contributed by atoms with E-state index in [0.29, 0.717) is 24.8 Å². The molecule has 0 aliphatic carbocycles. The Balaban J connectivity index is 1.25. The first-order valence-corrected chi connectivity index (χ1v) is 10.5. The maximum atomic E-state index is 12.1. The molecular weight excluding hydrogens is 388 g/mol. The van der Waals surface area contributed by atoms with Gasteiger partial charge in [0.15, 0.2) is 11.7 Å². The minimum absolute atomic E-state index is 0.0874. The Morgan fingerprint density at radius 3 is 2.66 bits per heavy atom. The number of carbonyl (C=O) groups is 1. The van der Waals surface area contributed by atoms with Gasteiger partial charge in [0.25, 0.3) is 0 Å². The van der Waals surface area contributed by atoms with Crippen LogP contribution in [0.5, 0.6) is 11.5 Å². The molecule has 7 heteroatoms. The molecule has 0 spiro atoms. The lowest BCUT2D eigenvalue weighted by molar-refractivity contribution is -0.152. The molecule has 0 bridgehead atoms. The summed E-state index contributed by atoms with van der Waals surface area (Å²) in [5.41, 5.74) is 2.11. The van der Waals surface area contributed by atoms with E-state index in [9.17, 15) is 4.79 Å². The zero-order valence-corrected chi connectivity index (χ0v) is 17.6. The molecule has 1 aliphatic heterocycles. The van der Waals surface area contributed by atoms with Crippen molar-refractivity contribution in [3.05, 3.63) is 48.0 Å². The van der Waals surface area contributed by atoms with Crippen LogP contribution in [0.3, 0.4) is 0 Å². The molecule has 0 unspecified atom stereocenters. The van der Waals surface area contributed by atoms with Crippen molar-refractivity contribution >= 4 is 32.7 Å². The number of thiazole rings is 1. The SMILES string of the molecule is COc1cccc2sc(N3CC(OC(=O)COc4ccc(C(C)C)cc4)C3)nc12. The maximum Gasteiger partial charge on any atom is 0.344 e. The van der Waals surface area contributed by atoms with E-state index in [1.165, 1.54) is 5.56 Å². The van der Waals surface area contributed by atoms with Gasteiger partial charge in [-0.25, -0.2) is 9.78 Å². The number of methoxy groups -OCH3 is 1. The summed E-state index contributed by atoms with van der Waals surface area (Å²) in [6, 6.07) is 13.7. The van der Waals surface area contributed by atoms with E-state index >= 15 is 0 Å². The molecule has 1 fully saturated rings. The number of anilines is 1. The second-order valence-electron chi connectivity index (χ2n) is 7.33. The quantitative estimate of drug-likeness (QED) is 0.541. The van der Waals surface area contributed by atoms with E-state index in [2.05, 4.69) is 23.7 Å². The number of nitrogens with zero attached hydrogens (tertiary/aromatic N) is 2. The first kappa shape index (κ1) is 19.5. The lowest BCUT2D eigenvalue weighted by Gasteiger charge is -2.38. The predicted molar refractivity (Wildman–Crippen MR) is 114 cm³/mol. The van der Waals surface area contributed by atoms with Crippen molar-refractivity contribution < 1.29 is 19.0 Å². The van der Waals surface area contributed by atoms with Crippen LogP contribution in [0.4, 0.5) is 5.13 Å². The van der Waals surface area contributed by atoms with Gasteiger partial charge in [-0.15, -0.1) is 0 Å². The molecule has 1 aliphatic rings. The Hall–Kier alpha value is -2.80. The Labute approximate surface area is 174 Å². The van der Waals surface area contributed by atoms with Gasteiger partial charge >= 0.3 is 5.97 Å². The zero-order chi connectivity index (χ0) is 20.4. The number of benzene rings is 2. The van der Waals surface area contributed by atoms with Crippen LogP contribution in [-0.4, -0.2) is 43.9 Å². The van der Waals surface area contributed by atoms with Crippen LogP contribution in [0.25, 0.3) is 10.2 Å². The van der Waals surface area contributed by atoms with Gasteiger partial charge < -0.3 is 19.1 Å². The number of rotatable bonds is 7. The first-order valence-electron chi connectivity index (χ1n) is 9.64. The third-order valence-electron chi connectivity index (χ3n) is 4.91. The Morgan fingerprint density at radius 2 is 1.97 bits per heavy atom. The molecular formula is C22H24N2O4S. The Bertz CT molecular complexity index is 994. The van der Waals surface area contributed by atoms with Crippen molar-refractivity contribution in [2.45, 2.75) is 25.9 Å². The molecule has 0 N–H and O–H groups in total. The standard InChI is InChI=1S/C22H24N2O4S/c1-14(2)15-7-9-16(10-8-15)27-13-20(25)28-17-11-24(12-17)22-23-21-18(26-3)5-4-6-19(21)29-22/h4-10,14,17H,11-13H2,1-3H3. The highest BCUT2D eigenvalue weighted by Gasteiger charge is 2.32. The van der Waals surface area contributed by atoms with Crippen molar-refractivity contribution in [2.24, 2.45) is 0 Å². The molecule has 0 atom stereocenters. The molecule has 6 nitrogen and oxygen atoms in total. The van der Waals surface area contributed by atoms with Crippen LogP contribution in [0.2, 0.25) is 0 Å². The van der Waals surface area contributed by atoms with E-state index in [4.69, 9.17) is 14.2 Å². The molecule has 0 radical (unpaired) electrons. The highest BCUT2D eigenvalue weighted by molar-refractivity contribution is 7.22. The molecule has 2 aromatic carbocycles. The normalized spacial score (nSPS) is 14.1. The number of esters is 1. The monoisotopic (exact) mass is 412 g/mol. The van der Waals surface area contributed by atoms with Crippen molar-refractivity contribution in [1.82, 2.24) is 4.98 Å². The number of aromatic nitrogens is 1. The highest BCUT2D eigenvalue weighted by atomic mass is 32.1. The molecule has 1 aromatic heterocycles. The van der Waals surface area contributed by atoms with Gasteiger partial charge in [-0.05, 0) is 35.7 Å². The summed E-state index contributed by atoms with van der Waals surface area (Å²) in [6.45, 7) is 5.46. The molecule has 1 saturated heterocycles. The Kier molecular flexibility index (Phi) is 5.58. The number of para-hydroxylation sites is 1. The lowest BCUT2D eigenvalue weighted by Crippen LogP contribution is -2.53. The van der Waals surface area contributed by atoms with Crippen LogP contribution < -0.4 is 14.4 Å². The predicted octanol–water partition coefficient (Wildman–Crippen LogP) is 4.24. The summed E-state index contributed by atoms with van der Waals surface area (Å²) >= 11 is 1.61. The molecule has 0 saturated carbocycles. The van der Waals surface area contributed by atoms with Crippen LogP contribution in [-0.2, 0) is 9.53 Å². The van der Waals surface area contributed by atoms with Crippen LogP contribution in [0, 0.1) is 0 Å². The van der Waals surface area contributed by atoms with E-state index in [-0.39, 0.29) is 18.7 Å². The second kappa shape index (κ2) is 8.29. The lowest BCUT2D eigenvalue weighted by atomic mass is 10.0. The number of fused-ring (bicyclic) bond motifs is 1. The highest BCUT2D eigenvalue weighted by Crippen LogP contribution is 2.35. The third-order valence-corrected chi connectivity index (χ3v) is 5.99. The molecule has 0 amide bonds. The largest absolute Gasteiger partial charge is 0.494 e. The third kappa shape index (κ3) is 4.29. The number of hydrogen-bond acceptors (Lipinski definition) is 7. The van der Waals surface area contributed by atoms with E-state index in [0.717, 1.165) is 21.1 Å². The first-order chi connectivity index (χ1) is 14.0. The van der Waals surface area contributed by atoms with Crippen molar-refractivity contribution in [1.29, 1.82) is 0 Å². The fraction of sp³-hybridized carbons (Fsp3) is 0.364. The van der Waals surface area contributed by atoms with Gasteiger partial charge in [0.1, 0.15) is 23.1 Å². The smallest absolute Gasteiger partial charge is 0.344 e. The average Bonchev–Trinajstić information content (AvgIpc) is 3.12. The fourth-order valence-electron chi connectivity index (χ4n) is 3.19. The minimum Gasteiger partial charge on any atom is -0.494 e. The molecule has 3 aromatic rings. The molecule has 4 rings (SSSR count). The van der Waals surface area contributed by atoms with Gasteiger partial charge in [0.2, 0.25) is 0 Å². The van der Waals surface area contributed by atoms with Gasteiger partial charge in [-0.2, -0.15) is 0 Å². The summed E-state index contributed by atoms with van der Waals surface area (Å²) in [5, 5.41) is 0.915. The number of carbonyl (C=O) groups excluding carboxylic acids is 1.